The first-order valence-corrected chi connectivity index (χ1v) is 12.9. The summed E-state index contributed by atoms with van der Waals surface area (Å²) in [5.74, 6) is 0.590. The van der Waals surface area contributed by atoms with Crippen molar-refractivity contribution in [2.24, 2.45) is 15.9 Å². The Morgan fingerprint density at radius 2 is 1.19 bits per heavy atom. The molecule has 31 heavy (non-hydrogen) atoms. The molecule has 1 aliphatic rings. The number of rotatable bonds is 7. The van der Waals surface area contributed by atoms with E-state index in [0.717, 1.165) is 28.8 Å². The maximum Gasteiger partial charge on any atom is 0.175 e. The smallest absolute Gasteiger partial charge is 0.175 e. The molecule has 3 aromatic rings. The summed E-state index contributed by atoms with van der Waals surface area (Å²) in [5, 5.41) is 7.83. The molecule has 1 fully saturated rings. The molecule has 0 atom stereocenters. The minimum Gasteiger partial charge on any atom is -0.293 e. The van der Waals surface area contributed by atoms with E-state index in [1.807, 2.05) is 54.6 Å². The van der Waals surface area contributed by atoms with Gasteiger partial charge >= 0.3 is 0 Å². The van der Waals surface area contributed by atoms with Gasteiger partial charge in [0.25, 0.3) is 0 Å². The van der Waals surface area contributed by atoms with Crippen molar-refractivity contribution in [3.63, 3.8) is 0 Å². The van der Waals surface area contributed by atoms with E-state index in [1.165, 1.54) is 25.5 Å². The number of carbonyl (C=O) groups is 1. The molecule has 0 amide bonds. The van der Waals surface area contributed by atoms with Crippen LogP contribution in [-0.4, -0.2) is 12.0 Å². The summed E-state index contributed by atoms with van der Waals surface area (Å²) in [4.78, 5) is 17.6. The van der Waals surface area contributed by atoms with E-state index in [0.29, 0.717) is 12.3 Å². The maximum absolute atomic E-state index is 12.6. The molecule has 4 rings (SSSR count). The lowest BCUT2D eigenvalue weighted by molar-refractivity contribution is -0.113. The van der Waals surface area contributed by atoms with Gasteiger partial charge in [0.05, 0.1) is 13.3 Å². The largest absolute Gasteiger partial charge is 0.293 e. The number of ketones is 1. The van der Waals surface area contributed by atoms with Crippen molar-refractivity contribution < 1.29 is 4.79 Å². The normalized spacial score (nSPS) is 15.1. The van der Waals surface area contributed by atoms with Gasteiger partial charge < -0.3 is 0 Å². The molecular weight excluding hydrogens is 399 g/mol. The van der Waals surface area contributed by atoms with E-state index in [4.69, 9.17) is 4.85 Å². The third-order valence-corrected chi connectivity index (χ3v) is 9.50. The third kappa shape index (κ3) is 5.11. The van der Waals surface area contributed by atoms with E-state index in [1.54, 1.807) is 0 Å². The fourth-order valence-electron chi connectivity index (χ4n) is 4.43. The molecule has 0 radical (unpaired) electrons. The molecule has 0 N–H and O–H groups in total. The Hall–Kier alpha value is -2.77. The average molecular weight is 429 g/mol. The first-order chi connectivity index (χ1) is 15.3. The van der Waals surface area contributed by atoms with Gasteiger partial charge in [-0.2, -0.15) is 9.96 Å². The Morgan fingerprint density at radius 1 is 0.742 bits per heavy atom. The number of carbonyl (C=O) groups excluding carboxylic acids is 1. The molecule has 1 saturated carbocycles. The van der Waals surface area contributed by atoms with Gasteiger partial charge in [-0.3, -0.25) is 4.79 Å². The Balaban J connectivity index is 1.77. The van der Waals surface area contributed by atoms with Crippen LogP contribution in [0.2, 0.25) is 0 Å². The molecule has 3 aromatic carbocycles. The first kappa shape index (κ1) is 21.5. The van der Waals surface area contributed by atoms with Crippen molar-refractivity contribution in [1.82, 2.24) is 0 Å². The zero-order chi connectivity index (χ0) is 21.4. The Bertz CT molecular complexity index is 953. The van der Waals surface area contributed by atoms with E-state index in [9.17, 15) is 4.79 Å². The summed E-state index contributed by atoms with van der Waals surface area (Å²) >= 11 is 0. The van der Waals surface area contributed by atoms with Gasteiger partial charge in [0.1, 0.15) is 0 Å². The van der Waals surface area contributed by atoms with Gasteiger partial charge in [-0.05, 0) is 5.92 Å². The van der Waals surface area contributed by atoms with Crippen LogP contribution < -0.4 is 15.9 Å². The Kier molecular flexibility index (Phi) is 7.27. The molecule has 0 aliphatic heterocycles. The summed E-state index contributed by atoms with van der Waals surface area (Å²) < 4.78 is 0. The second-order valence-corrected chi connectivity index (χ2v) is 11.1. The standard InChI is InChI=1S/C27H29N2OP/c30-24(21-23-13-5-1-6-14-23)22-28-29-31(25-15-7-2-8-16-25,26-17-9-3-10-18-26)27-19-11-4-12-20-27/h2-4,7-12,15-20,22-23H,1,5-6,13-14,21H2. The van der Waals surface area contributed by atoms with E-state index in [-0.39, 0.29) is 5.78 Å². The van der Waals surface area contributed by atoms with Gasteiger partial charge in [-0.15, -0.1) is 0 Å². The molecule has 0 unspecified atom stereocenters. The van der Waals surface area contributed by atoms with Crippen LogP contribution in [0.4, 0.5) is 0 Å². The second kappa shape index (κ2) is 10.5. The molecule has 1 aliphatic carbocycles. The minimum absolute atomic E-state index is 0.0861. The number of hydrogen-bond acceptors (Lipinski definition) is 2. The van der Waals surface area contributed by atoms with Crippen LogP contribution in [0.1, 0.15) is 38.5 Å². The molecule has 158 valence electrons. The molecule has 0 spiro atoms. The van der Waals surface area contributed by atoms with Gasteiger partial charge in [0.15, 0.2) is 5.78 Å². The van der Waals surface area contributed by atoms with Crippen molar-refractivity contribution in [2.75, 3.05) is 0 Å². The lowest BCUT2D eigenvalue weighted by Gasteiger charge is -2.25. The van der Waals surface area contributed by atoms with Crippen molar-refractivity contribution >= 4 is 35.0 Å². The van der Waals surface area contributed by atoms with Crippen molar-refractivity contribution in [1.29, 1.82) is 0 Å². The second-order valence-electron chi connectivity index (χ2n) is 8.15. The quantitative estimate of drug-likeness (QED) is 0.271. The highest BCUT2D eigenvalue weighted by molar-refractivity contribution is 7.87. The van der Waals surface area contributed by atoms with Crippen LogP contribution >= 0.6 is 7.05 Å². The lowest BCUT2D eigenvalue weighted by atomic mass is 9.86. The molecule has 4 heteroatoms. The molecule has 0 saturated heterocycles. The number of benzene rings is 3. The Labute approximate surface area is 185 Å². The summed E-state index contributed by atoms with van der Waals surface area (Å²) in [6.45, 7) is 0. The zero-order valence-corrected chi connectivity index (χ0v) is 18.7. The highest BCUT2D eigenvalue weighted by Gasteiger charge is 2.27. The average Bonchev–Trinajstić information content (AvgIpc) is 2.84. The molecule has 0 heterocycles. The van der Waals surface area contributed by atoms with Gasteiger partial charge in [0, 0.05) is 22.3 Å². The third-order valence-electron chi connectivity index (χ3n) is 5.99. The summed E-state index contributed by atoms with van der Waals surface area (Å²) in [6, 6.07) is 31.1. The van der Waals surface area contributed by atoms with Crippen LogP contribution in [0.3, 0.4) is 0 Å². The van der Waals surface area contributed by atoms with Crippen molar-refractivity contribution in [3.8, 4) is 0 Å². The molecule has 0 aromatic heterocycles. The van der Waals surface area contributed by atoms with Crippen LogP contribution in [0.15, 0.2) is 101 Å². The van der Waals surface area contributed by atoms with Gasteiger partial charge in [0.2, 0.25) is 0 Å². The highest BCUT2D eigenvalue weighted by atomic mass is 31.2. The van der Waals surface area contributed by atoms with E-state index in [2.05, 4.69) is 41.5 Å². The summed E-state index contributed by atoms with van der Waals surface area (Å²) in [6.07, 6.45) is 8.14. The number of hydrogen-bond donors (Lipinski definition) is 0. The number of nitrogens with zero attached hydrogens (tertiary/aromatic N) is 2. The predicted octanol–water partition coefficient (Wildman–Crippen LogP) is 5.69. The maximum atomic E-state index is 12.6. The van der Waals surface area contributed by atoms with Crippen LogP contribution in [0.5, 0.6) is 0 Å². The van der Waals surface area contributed by atoms with Crippen molar-refractivity contribution in [3.05, 3.63) is 91.0 Å². The van der Waals surface area contributed by atoms with E-state index >= 15 is 0 Å². The fourth-order valence-corrected chi connectivity index (χ4v) is 7.65. The molecule has 3 nitrogen and oxygen atoms in total. The van der Waals surface area contributed by atoms with E-state index < -0.39 is 7.05 Å². The minimum atomic E-state index is -2.38. The van der Waals surface area contributed by atoms with Gasteiger partial charge in [-0.1, -0.05) is 123 Å². The highest BCUT2D eigenvalue weighted by Crippen LogP contribution is 2.46. The monoisotopic (exact) mass is 428 g/mol. The SMILES string of the molecule is O=C(C=NN=P(c1ccccc1)(c1ccccc1)c1ccccc1)CC1CCCCC1. The van der Waals surface area contributed by atoms with Crippen LogP contribution in [0, 0.1) is 5.92 Å². The summed E-state index contributed by atoms with van der Waals surface area (Å²) in [7, 11) is -2.38. The van der Waals surface area contributed by atoms with Crippen LogP contribution in [0.25, 0.3) is 0 Å². The number of Topliss-reactive ketones (excluding diaryl/α,β-unsaturated/α-hetero) is 1. The van der Waals surface area contributed by atoms with Crippen LogP contribution in [-0.2, 0) is 4.79 Å². The van der Waals surface area contributed by atoms with Crippen molar-refractivity contribution in [2.45, 2.75) is 38.5 Å². The first-order valence-electron chi connectivity index (χ1n) is 11.1. The van der Waals surface area contributed by atoms with Gasteiger partial charge in [-0.25, -0.2) is 0 Å². The predicted molar refractivity (Wildman–Crippen MR) is 132 cm³/mol. The zero-order valence-electron chi connectivity index (χ0n) is 17.8. The fraction of sp³-hybridized carbons (Fsp3) is 0.259. The summed E-state index contributed by atoms with van der Waals surface area (Å²) in [5.41, 5.74) is 0. The molecule has 0 bridgehead atoms. The molecular formula is C27H29N2OP. The topological polar surface area (TPSA) is 41.8 Å². The Morgan fingerprint density at radius 3 is 1.65 bits per heavy atom. The lowest BCUT2D eigenvalue weighted by Crippen LogP contribution is -2.25.